The molecule has 17 heteroatoms. The predicted octanol–water partition coefficient (Wildman–Crippen LogP) is 8.87. The van der Waals surface area contributed by atoms with Crippen molar-refractivity contribution in [1.82, 2.24) is 0 Å². The van der Waals surface area contributed by atoms with Gasteiger partial charge in [-0.2, -0.15) is 13.2 Å². The van der Waals surface area contributed by atoms with Gasteiger partial charge in [-0.25, -0.2) is 17.2 Å². The van der Waals surface area contributed by atoms with Crippen LogP contribution in [0.15, 0.2) is 83.8 Å². The Hall–Kier alpha value is -3.62. The van der Waals surface area contributed by atoms with Crippen LogP contribution < -0.4 is 15.4 Å². The summed E-state index contributed by atoms with van der Waals surface area (Å²) >= 11 is 24.4. The Morgan fingerprint density at radius 1 is 0.830 bits per heavy atom. The molecule has 0 spiro atoms. The van der Waals surface area contributed by atoms with Crippen LogP contribution in [0.25, 0.3) is 0 Å². The molecule has 5 rings (SSSR count). The minimum atomic E-state index is -4.77. The molecule has 4 aromatic carbocycles. The molecule has 2 atom stereocenters. The van der Waals surface area contributed by atoms with Gasteiger partial charge in [0.25, 0.3) is 15.9 Å². The molecule has 1 fully saturated rings. The second-order valence-corrected chi connectivity index (χ2v) is 14.1. The van der Waals surface area contributed by atoms with E-state index in [1.165, 1.54) is 42.5 Å². The lowest BCUT2D eigenvalue weighted by Crippen LogP contribution is -2.19. The van der Waals surface area contributed by atoms with Crippen LogP contribution in [0.1, 0.15) is 27.4 Å². The van der Waals surface area contributed by atoms with Gasteiger partial charge in [-0.3, -0.25) is 14.3 Å². The van der Waals surface area contributed by atoms with Gasteiger partial charge in [0.1, 0.15) is 15.8 Å². The number of benzene rings is 4. The molecule has 2 amide bonds. The van der Waals surface area contributed by atoms with Crippen LogP contribution >= 0.6 is 46.4 Å². The maximum atomic E-state index is 15.3. The number of carbonyl (C=O) groups excluding carboxylic acids is 2. The molecule has 0 heterocycles. The molecule has 7 nitrogen and oxygen atoms in total. The Bertz CT molecular complexity index is 2010. The van der Waals surface area contributed by atoms with Gasteiger partial charge in [-0.1, -0.05) is 47.5 Å². The van der Waals surface area contributed by atoms with E-state index in [4.69, 9.17) is 46.4 Å². The molecule has 246 valence electrons. The second kappa shape index (κ2) is 12.8. The molecule has 4 aromatic rings. The van der Waals surface area contributed by atoms with Crippen molar-refractivity contribution in [3.63, 3.8) is 0 Å². The number of carbonyl (C=O) groups is 2. The summed E-state index contributed by atoms with van der Waals surface area (Å²) in [5.74, 6) is -6.75. The largest absolute Gasteiger partial charge is 0.417 e. The van der Waals surface area contributed by atoms with Crippen molar-refractivity contribution in [2.45, 2.75) is 21.3 Å². The summed E-state index contributed by atoms with van der Waals surface area (Å²) in [5.41, 5.74) is -3.06. The smallest absolute Gasteiger partial charge is 0.326 e. The summed E-state index contributed by atoms with van der Waals surface area (Å²) in [6.45, 7) is 0. The number of nitrogens with one attached hydrogen (secondary N) is 3. The Labute approximate surface area is 284 Å². The fourth-order valence-corrected chi connectivity index (χ4v) is 7.09. The summed E-state index contributed by atoms with van der Waals surface area (Å²) in [7, 11) is -4.40. The summed E-state index contributed by atoms with van der Waals surface area (Å²) < 4.78 is 95.3. The van der Waals surface area contributed by atoms with Crippen LogP contribution in [-0.4, -0.2) is 24.6 Å². The topological polar surface area (TPSA) is 104 Å². The highest BCUT2D eigenvalue weighted by Gasteiger charge is 2.67. The summed E-state index contributed by atoms with van der Waals surface area (Å²) in [6, 6.07) is 15.1. The Kier molecular flexibility index (Phi) is 9.43. The summed E-state index contributed by atoms with van der Waals surface area (Å²) in [4.78, 5) is 25.9. The van der Waals surface area contributed by atoms with Crippen molar-refractivity contribution in [3.8, 4) is 0 Å². The average molecular weight is 753 g/mol. The van der Waals surface area contributed by atoms with E-state index < -0.39 is 77.8 Å². The van der Waals surface area contributed by atoms with Crippen molar-refractivity contribution in [1.29, 1.82) is 0 Å². The van der Waals surface area contributed by atoms with Crippen LogP contribution in [0.5, 0.6) is 0 Å². The molecule has 0 radical (unpaired) electrons. The lowest BCUT2D eigenvalue weighted by Gasteiger charge is -2.14. The number of rotatable bonds is 8. The zero-order valence-electron chi connectivity index (χ0n) is 23.1. The molecular formula is C30H18Cl4F5N3O4S. The van der Waals surface area contributed by atoms with E-state index in [9.17, 15) is 35.6 Å². The number of hydrogen-bond donors (Lipinski definition) is 3. The number of hydrogen-bond acceptors (Lipinski definition) is 4. The maximum absolute atomic E-state index is 15.3. The zero-order chi connectivity index (χ0) is 34.5. The van der Waals surface area contributed by atoms with Crippen molar-refractivity contribution < 1.29 is 40.0 Å². The minimum Gasteiger partial charge on any atom is -0.326 e. The molecule has 1 aliphatic rings. The number of amides is 2. The van der Waals surface area contributed by atoms with Crippen LogP contribution in [0.2, 0.25) is 10.0 Å². The number of alkyl halides is 5. The van der Waals surface area contributed by atoms with Gasteiger partial charge in [-0.05, 0) is 60.2 Å². The van der Waals surface area contributed by atoms with E-state index in [2.05, 4.69) is 10.6 Å². The molecular weight excluding hydrogens is 735 g/mol. The number of sulfonamides is 1. The first kappa shape index (κ1) is 34.7. The van der Waals surface area contributed by atoms with Gasteiger partial charge in [0.15, 0.2) is 5.82 Å². The molecule has 0 saturated heterocycles. The average Bonchev–Trinajstić information content (AvgIpc) is 3.59. The normalized spacial score (nSPS) is 17.1. The van der Waals surface area contributed by atoms with Crippen LogP contribution in [0, 0.1) is 17.6 Å². The first-order valence-corrected chi connectivity index (χ1v) is 16.1. The zero-order valence-corrected chi connectivity index (χ0v) is 26.9. The number of halogens is 9. The first-order chi connectivity index (χ1) is 21.9. The lowest BCUT2D eigenvalue weighted by molar-refractivity contribution is -0.137. The highest BCUT2D eigenvalue weighted by Crippen LogP contribution is 2.65. The Morgan fingerprint density at radius 3 is 2.15 bits per heavy atom. The molecule has 0 bridgehead atoms. The third-order valence-corrected chi connectivity index (χ3v) is 10.1. The number of anilines is 3. The third-order valence-electron chi connectivity index (χ3n) is 7.10. The van der Waals surface area contributed by atoms with E-state index in [0.29, 0.717) is 0 Å². The molecule has 0 aliphatic heterocycles. The molecule has 0 unspecified atom stereocenters. The van der Waals surface area contributed by atoms with Gasteiger partial charge >= 0.3 is 6.18 Å². The van der Waals surface area contributed by atoms with Crippen LogP contribution in [0.3, 0.4) is 0 Å². The van der Waals surface area contributed by atoms with E-state index in [-0.39, 0.29) is 26.7 Å². The van der Waals surface area contributed by atoms with E-state index in [0.717, 1.165) is 30.3 Å². The van der Waals surface area contributed by atoms with Crippen LogP contribution in [0.4, 0.5) is 39.0 Å². The first-order valence-electron chi connectivity index (χ1n) is 13.1. The quantitative estimate of drug-likeness (QED) is 0.124. The molecule has 47 heavy (non-hydrogen) atoms. The van der Waals surface area contributed by atoms with Crippen molar-refractivity contribution in [2.24, 2.45) is 5.92 Å². The molecule has 0 aromatic heterocycles. The highest BCUT2D eigenvalue weighted by atomic mass is 35.5. The second-order valence-electron chi connectivity index (χ2n) is 10.2. The molecule has 3 N–H and O–H groups in total. The minimum absolute atomic E-state index is 0.0118. The standard InChI is InChI=1S/C30H18Cl4F5N3O4S/c31-19-9-7-15(40-28(44)24-23(29(24,33)34)14-6-8-20(32)18(12-14)30(37,38)39)13-17(19)27(43)41-22-11-10-21(35)26(25(22)36)42-47(45,46)16-4-2-1-3-5-16/h1-13,23-24,42H,(H,40,44)(H,41,43)/t23-,24+/m0/s1. The lowest BCUT2D eigenvalue weighted by atomic mass is 10.0. The SMILES string of the molecule is O=C(Nc1ccc(F)c(NS(=O)(=O)c2ccccc2)c1F)c1cc(NC(=O)[C@H]2[C@H](c3ccc(Cl)c(C(F)(F)F)c3)C2(Cl)Cl)ccc1Cl. The summed E-state index contributed by atoms with van der Waals surface area (Å²) in [5, 5.41) is 3.96. The van der Waals surface area contributed by atoms with Gasteiger partial charge in [0.05, 0.1) is 37.7 Å². The van der Waals surface area contributed by atoms with Crippen molar-refractivity contribution in [3.05, 3.63) is 117 Å². The fraction of sp³-hybridized carbons (Fsp3) is 0.133. The monoisotopic (exact) mass is 751 g/mol. The Balaban J connectivity index is 1.34. The van der Waals surface area contributed by atoms with E-state index >= 15 is 4.39 Å². The fourth-order valence-electron chi connectivity index (χ4n) is 4.74. The van der Waals surface area contributed by atoms with E-state index in [1.54, 1.807) is 6.07 Å². The van der Waals surface area contributed by atoms with Crippen molar-refractivity contribution >= 4 is 85.3 Å². The molecule has 1 saturated carbocycles. The van der Waals surface area contributed by atoms with Gasteiger partial charge in [-0.15, -0.1) is 23.2 Å². The van der Waals surface area contributed by atoms with Crippen molar-refractivity contribution in [2.75, 3.05) is 15.4 Å². The third kappa shape index (κ3) is 7.14. The van der Waals surface area contributed by atoms with Gasteiger partial charge < -0.3 is 10.6 Å². The highest BCUT2D eigenvalue weighted by molar-refractivity contribution is 7.92. The van der Waals surface area contributed by atoms with Gasteiger partial charge in [0, 0.05) is 11.6 Å². The predicted molar refractivity (Wildman–Crippen MR) is 169 cm³/mol. The summed E-state index contributed by atoms with van der Waals surface area (Å²) in [6.07, 6.45) is -4.77. The maximum Gasteiger partial charge on any atom is 0.417 e. The van der Waals surface area contributed by atoms with Gasteiger partial charge in [0.2, 0.25) is 5.91 Å². The Morgan fingerprint density at radius 2 is 1.49 bits per heavy atom. The van der Waals surface area contributed by atoms with Crippen LogP contribution in [-0.2, 0) is 21.0 Å². The molecule has 1 aliphatic carbocycles. The van der Waals surface area contributed by atoms with E-state index in [1.807, 2.05) is 4.72 Å².